The first-order valence-electron chi connectivity index (χ1n) is 9.69. The fourth-order valence-corrected chi connectivity index (χ4v) is 3.24. The molecule has 0 spiro atoms. The Bertz CT molecular complexity index is 873. The first-order chi connectivity index (χ1) is 14.5. The average Bonchev–Trinajstić information content (AvgIpc) is 2.70. The molecule has 0 saturated heterocycles. The van der Waals surface area contributed by atoms with E-state index < -0.39 is 0 Å². The van der Waals surface area contributed by atoms with Crippen LogP contribution in [0, 0.1) is 0 Å². The van der Waals surface area contributed by atoms with E-state index in [1.165, 1.54) is 7.11 Å². The summed E-state index contributed by atoms with van der Waals surface area (Å²) in [5, 5.41) is 5.65. The highest BCUT2D eigenvalue weighted by atomic mass is 79.9. The lowest BCUT2D eigenvalue weighted by Crippen LogP contribution is -2.25. The monoisotopic (exact) mass is 478 g/mol. The van der Waals surface area contributed by atoms with Crippen LogP contribution in [0.4, 0.5) is 5.69 Å². The molecule has 0 heterocycles. The second kappa shape index (κ2) is 12.2. The number of hydrogen-bond acceptors (Lipinski definition) is 5. The van der Waals surface area contributed by atoms with Crippen molar-refractivity contribution in [2.75, 3.05) is 32.2 Å². The predicted octanol–water partition coefficient (Wildman–Crippen LogP) is 3.69. The van der Waals surface area contributed by atoms with E-state index in [4.69, 9.17) is 14.2 Å². The Labute approximate surface area is 185 Å². The van der Waals surface area contributed by atoms with Crippen LogP contribution in [0.3, 0.4) is 0 Å². The van der Waals surface area contributed by atoms with Crippen LogP contribution in [0.15, 0.2) is 40.9 Å². The third-order valence-corrected chi connectivity index (χ3v) is 4.78. The lowest BCUT2D eigenvalue weighted by molar-refractivity contribution is -0.121. The Balaban J connectivity index is 1.99. The smallest absolute Gasteiger partial charge is 0.250 e. The van der Waals surface area contributed by atoms with E-state index in [1.807, 2.05) is 44.2 Å². The first kappa shape index (κ1) is 23.7. The predicted molar refractivity (Wildman–Crippen MR) is 119 cm³/mol. The van der Waals surface area contributed by atoms with E-state index in [0.29, 0.717) is 36.9 Å². The van der Waals surface area contributed by atoms with Gasteiger partial charge < -0.3 is 24.8 Å². The zero-order valence-corrected chi connectivity index (χ0v) is 19.0. The van der Waals surface area contributed by atoms with Gasteiger partial charge >= 0.3 is 0 Å². The molecule has 2 aromatic rings. The average molecular weight is 479 g/mol. The van der Waals surface area contributed by atoms with Crippen molar-refractivity contribution in [2.24, 2.45) is 0 Å². The fourth-order valence-electron chi connectivity index (χ4n) is 2.77. The molecule has 0 aliphatic carbocycles. The van der Waals surface area contributed by atoms with Crippen molar-refractivity contribution < 1.29 is 23.8 Å². The minimum Gasteiger partial charge on any atom is -0.490 e. The third-order valence-electron chi connectivity index (χ3n) is 4.04. The van der Waals surface area contributed by atoms with Crippen LogP contribution in [0.25, 0.3) is 0 Å². The molecule has 0 aliphatic rings. The first-order valence-corrected chi connectivity index (χ1v) is 10.5. The van der Waals surface area contributed by atoms with Crippen LogP contribution in [0.5, 0.6) is 11.5 Å². The van der Waals surface area contributed by atoms with E-state index in [0.717, 1.165) is 15.6 Å². The van der Waals surface area contributed by atoms with Gasteiger partial charge in [-0.15, -0.1) is 0 Å². The molecule has 0 aromatic heterocycles. The molecule has 0 atom stereocenters. The molecular weight excluding hydrogens is 452 g/mol. The second-order valence-corrected chi connectivity index (χ2v) is 7.25. The number of benzene rings is 2. The summed E-state index contributed by atoms with van der Waals surface area (Å²) in [7, 11) is 1.46. The van der Waals surface area contributed by atoms with E-state index in [2.05, 4.69) is 26.6 Å². The van der Waals surface area contributed by atoms with Crippen molar-refractivity contribution in [1.82, 2.24) is 5.32 Å². The normalized spacial score (nSPS) is 10.4. The standard InChI is InChI=1S/C22H27BrN2O5/c1-4-29-19-10-16(18(23)12-20(19)30-5-2)11-21(26)24-13-15-7-6-8-17(9-15)25-22(27)14-28-3/h6-10,12H,4-5,11,13-14H2,1-3H3,(H,24,26)(H,25,27). The molecular formula is C22H27BrN2O5. The van der Waals surface area contributed by atoms with E-state index in [1.54, 1.807) is 6.07 Å². The van der Waals surface area contributed by atoms with E-state index >= 15 is 0 Å². The molecule has 7 nitrogen and oxygen atoms in total. The zero-order chi connectivity index (χ0) is 21.9. The van der Waals surface area contributed by atoms with Crippen molar-refractivity contribution in [2.45, 2.75) is 26.8 Å². The molecule has 2 rings (SSSR count). The third kappa shape index (κ3) is 7.35. The summed E-state index contributed by atoms with van der Waals surface area (Å²) in [6, 6.07) is 10.9. The summed E-state index contributed by atoms with van der Waals surface area (Å²) in [5.74, 6) is 0.896. The van der Waals surface area contributed by atoms with Gasteiger partial charge in [0.15, 0.2) is 11.5 Å². The molecule has 0 aliphatic heterocycles. The summed E-state index contributed by atoms with van der Waals surface area (Å²) in [5.41, 5.74) is 2.33. The Hall–Kier alpha value is -2.58. The number of hydrogen-bond donors (Lipinski definition) is 2. The summed E-state index contributed by atoms with van der Waals surface area (Å²) in [6.45, 7) is 5.17. The van der Waals surface area contributed by atoms with Gasteiger partial charge in [-0.1, -0.05) is 28.1 Å². The number of nitrogens with one attached hydrogen (secondary N) is 2. The fraction of sp³-hybridized carbons (Fsp3) is 0.364. The minimum atomic E-state index is -0.232. The number of amides is 2. The van der Waals surface area contributed by atoms with Gasteiger partial charge in [0.1, 0.15) is 6.61 Å². The molecule has 0 unspecified atom stereocenters. The van der Waals surface area contributed by atoms with Gasteiger partial charge in [-0.3, -0.25) is 9.59 Å². The van der Waals surface area contributed by atoms with Gasteiger partial charge in [-0.05, 0) is 49.2 Å². The summed E-state index contributed by atoms with van der Waals surface area (Å²) in [4.78, 5) is 24.1. The maximum absolute atomic E-state index is 12.5. The van der Waals surface area contributed by atoms with Crippen molar-refractivity contribution >= 4 is 33.4 Å². The number of rotatable bonds is 11. The number of halogens is 1. The Morgan fingerprint density at radius 1 is 1.00 bits per heavy atom. The highest BCUT2D eigenvalue weighted by Crippen LogP contribution is 2.34. The summed E-state index contributed by atoms with van der Waals surface area (Å²) < 4.78 is 16.8. The van der Waals surface area contributed by atoms with Crippen molar-refractivity contribution in [1.29, 1.82) is 0 Å². The van der Waals surface area contributed by atoms with Crippen molar-refractivity contribution in [3.8, 4) is 11.5 Å². The molecule has 0 radical (unpaired) electrons. The Kier molecular flexibility index (Phi) is 9.63. The van der Waals surface area contributed by atoms with Crippen LogP contribution in [0.1, 0.15) is 25.0 Å². The maximum atomic E-state index is 12.5. The lowest BCUT2D eigenvalue weighted by atomic mass is 10.1. The minimum absolute atomic E-state index is 0.0122. The van der Waals surface area contributed by atoms with Gasteiger partial charge in [0.25, 0.3) is 0 Å². The van der Waals surface area contributed by atoms with Crippen molar-refractivity contribution in [3.63, 3.8) is 0 Å². The largest absolute Gasteiger partial charge is 0.490 e. The van der Waals surface area contributed by atoms with Gasteiger partial charge in [0.05, 0.1) is 19.6 Å². The molecule has 2 aromatic carbocycles. The number of anilines is 1. The quantitative estimate of drug-likeness (QED) is 0.514. The molecule has 2 N–H and O–H groups in total. The number of carbonyl (C=O) groups excluding carboxylic acids is 2. The number of ether oxygens (including phenoxy) is 3. The lowest BCUT2D eigenvalue weighted by Gasteiger charge is -2.14. The zero-order valence-electron chi connectivity index (χ0n) is 17.4. The van der Waals surface area contributed by atoms with Crippen molar-refractivity contribution in [3.05, 3.63) is 52.0 Å². The number of methoxy groups -OCH3 is 1. The molecule has 162 valence electrons. The topological polar surface area (TPSA) is 85.9 Å². The van der Waals surface area contributed by atoms with Crippen LogP contribution in [-0.4, -0.2) is 38.7 Å². The maximum Gasteiger partial charge on any atom is 0.250 e. The summed E-state index contributed by atoms with van der Waals surface area (Å²) >= 11 is 3.51. The highest BCUT2D eigenvalue weighted by Gasteiger charge is 2.13. The highest BCUT2D eigenvalue weighted by molar-refractivity contribution is 9.10. The Morgan fingerprint density at radius 2 is 1.70 bits per heavy atom. The molecule has 0 bridgehead atoms. The van der Waals surface area contributed by atoms with Crippen LogP contribution in [0.2, 0.25) is 0 Å². The molecule has 2 amide bonds. The summed E-state index contributed by atoms with van der Waals surface area (Å²) in [6.07, 6.45) is 0.192. The van der Waals surface area contributed by atoms with E-state index in [-0.39, 0.29) is 24.8 Å². The second-order valence-electron chi connectivity index (χ2n) is 6.39. The Morgan fingerprint density at radius 3 is 2.37 bits per heavy atom. The van der Waals surface area contributed by atoms with Crippen LogP contribution in [-0.2, 0) is 27.3 Å². The van der Waals surface area contributed by atoms with Gasteiger partial charge in [-0.25, -0.2) is 0 Å². The van der Waals surface area contributed by atoms with Gasteiger partial charge in [-0.2, -0.15) is 0 Å². The molecule has 30 heavy (non-hydrogen) atoms. The van der Waals surface area contributed by atoms with Crippen LogP contribution < -0.4 is 20.1 Å². The molecule has 8 heteroatoms. The number of carbonyl (C=O) groups is 2. The molecule has 0 saturated carbocycles. The van der Waals surface area contributed by atoms with Gasteiger partial charge in [0.2, 0.25) is 11.8 Å². The SMILES string of the molecule is CCOc1cc(Br)c(CC(=O)NCc2cccc(NC(=O)COC)c2)cc1OCC. The molecule has 0 fully saturated rings. The van der Waals surface area contributed by atoms with E-state index in [9.17, 15) is 9.59 Å². The van der Waals surface area contributed by atoms with Gasteiger partial charge in [0, 0.05) is 23.8 Å². The van der Waals surface area contributed by atoms with Crippen LogP contribution >= 0.6 is 15.9 Å².